The highest BCUT2D eigenvalue weighted by Crippen LogP contribution is 2.31. The van der Waals surface area contributed by atoms with Crippen molar-refractivity contribution in [1.82, 2.24) is 15.0 Å². The summed E-state index contributed by atoms with van der Waals surface area (Å²) in [4.78, 5) is 14.5. The summed E-state index contributed by atoms with van der Waals surface area (Å²) < 4.78 is 0. The van der Waals surface area contributed by atoms with Crippen LogP contribution in [0.25, 0.3) is 33.7 Å². The van der Waals surface area contributed by atoms with Crippen LogP contribution in [0.15, 0.2) is 76.9 Å². The lowest BCUT2D eigenvalue weighted by molar-refractivity contribution is 1.07. The molecule has 4 aromatic rings. The monoisotopic (exact) mass is 517 g/mol. The largest absolute Gasteiger partial charge is 0.326 e. The molecule has 0 unspecified atom stereocenters. The second-order valence-electron chi connectivity index (χ2n) is 6.58. The van der Waals surface area contributed by atoms with Gasteiger partial charge in [-0.15, -0.1) is 5.10 Å². The van der Waals surface area contributed by atoms with Crippen molar-refractivity contribution >= 4 is 34.7 Å². The molecular weight excluding hydrogens is 478 g/mol. The quantitative estimate of drug-likeness (QED) is 0.124. The first-order valence-electron chi connectivity index (χ1n) is 12.6. The summed E-state index contributed by atoms with van der Waals surface area (Å²) >= 11 is 1.34. The third-order valence-corrected chi connectivity index (χ3v) is 5.37. The molecule has 0 aliphatic carbocycles. The molecule has 37 heavy (non-hydrogen) atoms. The van der Waals surface area contributed by atoms with Crippen LogP contribution in [0.1, 0.15) is 52.8 Å². The summed E-state index contributed by atoms with van der Waals surface area (Å²) in [6.45, 7) is 15.9. The van der Waals surface area contributed by atoms with Crippen LogP contribution < -0.4 is 11.5 Å². The predicted octanol–water partition coefficient (Wildman–Crippen LogP) is 6.91. The molecule has 0 saturated carbocycles. The molecule has 0 fully saturated rings. The zero-order chi connectivity index (χ0) is 27.6. The number of benzene rings is 2. The minimum atomic E-state index is 0.354. The number of rotatable bonds is 6. The van der Waals surface area contributed by atoms with Crippen LogP contribution in [0.3, 0.4) is 0 Å². The molecule has 0 amide bonds. The highest BCUT2D eigenvalue weighted by molar-refractivity contribution is 8.14. The Kier molecular flexibility index (Phi) is 15.3. The van der Waals surface area contributed by atoms with Gasteiger partial charge in [0.15, 0.2) is 5.65 Å². The fraction of sp³-hybridized carbons (Fsp3) is 0.276. The second kappa shape index (κ2) is 17.9. The molecule has 4 rings (SSSR count). The van der Waals surface area contributed by atoms with Gasteiger partial charge in [0.2, 0.25) is 0 Å². The van der Waals surface area contributed by atoms with Crippen molar-refractivity contribution < 1.29 is 0 Å². The Morgan fingerprint density at radius 2 is 1.35 bits per heavy atom. The van der Waals surface area contributed by atoms with Crippen molar-refractivity contribution in [2.75, 3.05) is 5.88 Å². The minimum Gasteiger partial charge on any atom is -0.326 e. The minimum absolute atomic E-state index is 0.354. The highest BCUT2D eigenvalue weighted by Gasteiger charge is 2.15. The van der Waals surface area contributed by atoms with Crippen LogP contribution in [0.2, 0.25) is 0 Å². The first-order chi connectivity index (χ1) is 18.2. The van der Waals surface area contributed by atoms with E-state index in [1.54, 1.807) is 0 Å². The Balaban J connectivity index is 0.00000106. The lowest BCUT2D eigenvalue weighted by Gasteiger charge is -2.11. The molecular formula is C29H39N7S. The summed E-state index contributed by atoms with van der Waals surface area (Å²) in [5, 5.41) is 8.25. The van der Waals surface area contributed by atoms with Crippen LogP contribution >= 0.6 is 11.8 Å². The van der Waals surface area contributed by atoms with Gasteiger partial charge >= 0.3 is 0 Å². The number of pyridine rings is 1. The SMILES string of the molecule is C=N/N=C(\SCN)c1ccc2nc(-c3ccc(CN)cc3)c(-c3ccccc3)nc2n1.CC.CC.CC. The lowest BCUT2D eigenvalue weighted by atomic mass is 10.0. The van der Waals surface area contributed by atoms with Crippen molar-refractivity contribution in [3.63, 3.8) is 0 Å². The van der Waals surface area contributed by atoms with Gasteiger partial charge in [-0.2, -0.15) is 5.10 Å². The maximum absolute atomic E-state index is 5.75. The average molecular weight is 518 g/mol. The summed E-state index contributed by atoms with van der Waals surface area (Å²) in [7, 11) is 0. The van der Waals surface area contributed by atoms with E-state index in [-0.39, 0.29) is 0 Å². The number of hydrogen-bond acceptors (Lipinski definition) is 8. The van der Waals surface area contributed by atoms with E-state index in [4.69, 9.17) is 21.4 Å². The van der Waals surface area contributed by atoms with E-state index in [0.29, 0.717) is 34.3 Å². The second-order valence-corrected chi connectivity index (χ2v) is 7.59. The summed E-state index contributed by atoms with van der Waals surface area (Å²) in [5.41, 5.74) is 17.8. The molecule has 0 saturated heterocycles. The number of aromatic nitrogens is 3. The number of fused-ring (bicyclic) bond motifs is 1. The fourth-order valence-electron chi connectivity index (χ4n) is 3.16. The van der Waals surface area contributed by atoms with E-state index < -0.39 is 0 Å². The maximum Gasteiger partial charge on any atom is 0.179 e. The zero-order valence-electron chi connectivity index (χ0n) is 22.8. The van der Waals surface area contributed by atoms with Crippen LogP contribution in [-0.4, -0.2) is 32.6 Å². The van der Waals surface area contributed by atoms with Crippen molar-refractivity contribution in [2.45, 2.75) is 48.1 Å². The van der Waals surface area contributed by atoms with E-state index in [1.807, 2.05) is 108 Å². The first kappa shape index (κ1) is 31.6. The summed E-state index contributed by atoms with van der Waals surface area (Å²) in [6.07, 6.45) is 0. The molecule has 0 aliphatic heterocycles. The number of thioether (sulfide) groups is 1. The van der Waals surface area contributed by atoms with Crippen molar-refractivity contribution in [3.8, 4) is 22.5 Å². The topological polar surface area (TPSA) is 115 Å². The third-order valence-electron chi connectivity index (χ3n) is 4.64. The molecule has 0 aliphatic rings. The molecule has 7 nitrogen and oxygen atoms in total. The lowest BCUT2D eigenvalue weighted by Crippen LogP contribution is -2.06. The third kappa shape index (κ3) is 8.56. The molecule has 0 radical (unpaired) electrons. The van der Waals surface area contributed by atoms with Crippen LogP contribution in [-0.2, 0) is 6.54 Å². The molecule has 0 atom stereocenters. The summed E-state index contributed by atoms with van der Waals surface area (Å²) in [6, 6.07) is 21.7. The molecule has 2 heterocycles. The average Bonchev–Trinajstić information content (AvgIpc) is 2.99. The molecule has 0 spiro atoms. The Labute approximate surface area is 225 Å². The van der Waals surface area contributed by atoms with Gasteiger partial charge in [0.05, 0.1) is 17.1 Å². The molecule has 8 heteroatoms. The van der Waals surface area contributed by atoms with Gasteiger partial charge in [0, 0.05) is 30.3 Å². The van der Waals surface area contributed by atoms with Gasteiger partial charge in [0.1, 0.15) is 10.6 Å². The Bertz CT molecular complexity index is 1240. The van der Waals surface area contributed by atoms with Gasteiger partial charge in [-0.3, -0.25) is 0 Å². The smallest absolute Gasteiger partial charge is 0.179 e. The normalized spacial score (nSPS) is 10.2. The standard InChI is InChI=1S/C23H21N7S.3C2H6/c1-26-30-23(31-14-25)19-12-11-18-22(28-19)29-21(16-5-3-2-4-6-16)20(27-18)17-9-7-15(13-24)8-10-17;3*1-2/h2-12H,1,13-14,24-25H2;3*1-2H3/b30-23-;;;. The van der Waals surface area contributed by atoms with Crippen molar-refractivity contribution in [3.05, 3.63) is 78.0 Å². The van der Waals surface area contributed by atoms with Gasteiger partial charge in [-0.05, 0) is 17.7 Å². The van der Waals surface area contributed by atoms with Crippen molar-refractivity contribution in [1.29, 1.82) is 0 Å². The predicted molar refractivity (Wildman–Crippen MR) is 163 cm³/mol. The Morgan fingerprint density at radius 3 is 1.92 bits per heavy atom. The van der Waals surface area contributed by atoms with Gasteiger partial charge < -0.3 is 11.5 Å². The Hall–Kier alpha value is -3.46. The maximum atomic E-state index is 5.75. The van der Waals surface area contributed by atoms with Crippen LogP contribution in [0, 0.1) is 0 Å². The molecule has 0 bridgehead atoms. The van der Waals surface area contributed by atoms with Gasteiger partial charge in [0.25, 0.3) is 0 Å². The van der Waals surface area contributed by atoms with E-state index >= 15 is 0 Å². The first-order valence-corrected chi connectivity index (χ1v) is 13.6. The van der Waals surface area contributed by atoms with E-state index in [9.17, 15) is 0 Å². The van der Waals surface area contributed by atoms with Gasteiger partial charge in [-0.25, -0.2) is 15.0 Å². The zero-order valence-corrected chi connectivity index (χ0v) is 23.6. The van der Waals surface area contributed by atoms with Gasteiger partial charge in [-0.1, -0.05) is 108 Å². The van der Waals surface area contributed by atoms with Crippen molar-refractivity contribution in [2.24, 2.45) is 21.7 Å². The number of hydrogen-bond donors (Lipinski definition) is 2. The summed E-state index contributed by atoms with van der Waals surface area (Å²) in [5.74, 6) is 0.354. The van der Waals surface area contributed by atoms with E-state index in [2.05, 4.69) is 21.9 Å². The van der Waals surface area contributed by atoms with Crippen LogP contribution in [0.4, 0.5) is 0 Å². The van der Waals surface area contributed by atoms with E-state index in [0.717, 1.165) is 28.1 Å². The molecule has 2 aromatic heterocycles. The number of nitrogens with two attached hydrogens (primary N) is 2. The highest BCUT2D eigenvalue weighted by atomic mass is 32.2. The number of nitrogens with zero attached hydrogens (tertiary/aromatic N) is 5. The molecule has 196 valence electrons. The van der Waals surface area contributed by atoms with E-state index in [1.165, 1.54) is 11.8 Å². The Morgan fingerprint density at radius 1 is 0.757 bits per heavy atom. The molecule has 2 aromatic carbocycles. The molecule has 4 N–H and O–H groups in total. The fourth-order valence-corrected chi connectivity index (χ4v) is 3.69. The van der Waals surface area contributed by atoms with Crippen LogP contribution in [0.5, 0.6) is 0 Å².